The van der Waals surface area contributed by atoms with E-state index >= 15 is 0 Å². The van der Waals surface area contributed by atoms with E-state index in [1.54, 1.807) is 6.07 Å². The third kappa shape index (κ3) is 3.06. The van der Waals surface area contributed by atoms with Crippen molar-refractivity contribution >= 4 is 39.1 Å². The van der Waals surface area contributed by atoms with E-state index in [0.29, 0.717) is 17.2 Å². The van der Waals surface area contributed by atoms with Gasteiger partial charge in [0.25, 0.3) is 5.91 Å². The van der Waals surface area contributed by atoms with Crippen LogP contribution in [0, 0.1) is 17.8 Å². The molecule has 2 amide bonds. The standard InChI is InChI=1S/C14H17BrN2O2S/c15-12-4-3-11(20-12)14(19)17-16-13(18)7-10-6-8-1-2-9(10)5-8/h3-4,8-10H,1-2,5-7H2,(H,16,18)(H,17,19)/t8-,9-,10+/m1/s1. The van der Waals surface area contributed by atoms with E-state index in [0.717, 1.165) is 15.6 Å². The van der Waals surface area contributed by atoms with E-state index in [1.807, 2.05) is 6.07 Å². The molecule has 0 aliphatic heterocycles. The Morgan fingerprint density at radius 1 is 1.25 bits per heavy atom. The molecule has 2 saturated carbocycles. The van der Waals surface area contributed by atoms with Crippen LogP contribution >= 0.6 is 27.3 Å². The molecular formula is C14H17BrN2O2S. The molecule has 0 aromatic carbocycles. The van der Waals surface area contributed by atoms with Crippen molar-refractivity contribution in [2.24, 2.45) is 17.8 Å². The van der Waals surface area contributed by atoms with E-state index in [-0.39, 0.29) is 11.8 Å². The molecule has 1 aromatic rings. The summed E-state index contributed by atoms with van der Waals surface area (Å²) in [6.45, 7) is 0. The Bertz CT molecular complexity index is 531. The Morgan fingerprint density at radius 2 is 2.10 bits per heavy atom. The Labute approximate surface area is 130 Å². The summed E-state index contributed by atoms with van der Waals surface area (Å²) in [5, 5.41) is 0. The Kier molecular flexibility index (Phi) is 4.12. The average Bonchev–Trinajstić information content (AvgIpc) is 3.12. The highest BCUT2D eigenvalue weighted by Crippen LogP contribution is 2.49. The fourth-order valence-corrected chi connectivity index (χ4v) is 4.82. The van der Waals surface area contributed by atoms with Gasteiger partial charge in [0.1, 0.15) is 0 Å². The number of hydrogen-bond acceptors (Lipinski definition) is 3. The number of carbonyl (C=O) groups is 2. The van der Waals surface area contributed by atoms with E-state index in [2.05, 4.69) is 26.8 Å². The van der Waals surface area contributed by atoms with Crippen LogP contribution in [0.5, 0.6) is 0 Å². The van der Waals surface area contributed by atoms with Crippen LogP contribution in [-0.2, 0) is 4.79 Å². The lowest BCUT2D eigenvalue weighted by Crippen LogP contribution is -2.42. The van der Waals surface area contributed by atoms with Crippen LogP contribution in [0.4, 0.5) is 0 Å². The van der Waals surface area contributed by atoms with Gasteiger partial charge < -0.3 is 0 Å². The Balaban J connectivity index is 1.44. The molecule has 2 fully saturated rings. The van der Waals surface area contributed by atoms with Crippen LogP contribution in [0.15, 0.2) is 15.9 Å². The first-order valence-electron chi connectivity index (χ1n) is 6.96. The molecule has 0 spiro atoms. The van der Waals surface area contributed by atoms with Gasteiger partial charge in [-0.15, -0.1) is 11.3 Å². The topological polar surface area (TPSA) is 58.2 Å². The van der Waals surface area contributed by atoms with Crippen molar-refractivity contribution < 1.29 is 9.59 Å². The Hall–Kier alpha value is -0.880. The van der Waals surface area contributed by atoms with Crippen molar-refractivity contribution in [3.8, 4) is 0 Å². The van der Waals surface area contributed by atoms with E-state index < -0.39 is 0 Å². The maximum absolute atomic E-state index is 11.9. The highest BCUT2D eigenvalue weighted by atomic mass is 79.9. The summed E-state index contributed by atoms with van der Waals surface area (Å²) < 4.78 is 0.899. The fraction of sp³-hybridized carbons (Fsp3) is 0.571. The number of thiophene rings is 1. The Morgan fingerprint density at radius 3 is 2.70 bits per heavy atom. The molecule has 2 bridgehead atoms. The zero-order valence-corrected chi connectivity index (χ0v) is 13.4. The van der Waals surface area contributed by atoms with E-state index in [9.17, 15) is 9.59 Å². The molecule has 2 N–H and O–H groups in total. The SMILES string of the molecule is O=C(C[C@@H]1C[C@@H]2CC[C@@H]1C2)NNC(=O)c1ccc(Br)s1. The molecule has 0 radical (unpaired) electrons. The second kappa shape index (κ2) is 5.85. The van der Waals surface area contributed by atoms with Crippen molar-refractivity contribution in [1.29, 1.82) is 0 Å². The molecule has 3 atom stereocenters. The van der Waals surface area contributed by atoms with Gasteiger partial charge in [-0.25, -0.2) is 0 Å². The first-order valence-corrected chi connectivity index (χ1v) is 8.57. The minimum atomic E-state index is -0.262. The van der Waals surface area contributed by atoms with Gasteiger partial charge in [0.05, 0.1) is 8.66 Å². The fourth-order valence-electron chi connectivity index (χ4n) is 3.54. The number of amides is 2. The lowest BCUT2D eigenvalue weighted by molar-refractivity contribution is -0.123. The first-order chi connectivity index (χ1) is 9.61. The molecule has 2 aliphatic rings. The van der Waals surface area contributed by atoms with Gasteiger partial charge in [-0.2, -0.15) is 0 Å². The molecule has 4 nitrogen and oxygen atoms in total. The molecule has 0 saturated heterocycles. The molecular weight excluding hydrogens is 340 g/mol. The van der Waals surface area contributed by atoms with E-state index in [4.69, 9.17) is 0 Å². The molecule has 2 aliphatic carbocycles. The van der Waals surface area contributed by atoms with Gasteiger partial charge in [-0.05, 0) is 65.1 Å². The van der Waals surface area contributed by atoms with Crippen LogP contribution in [0.2, 0.25) is 0 Å². The second-order valence-corrected chi connectivity index (χ2v) is 8.21. The highest BCUT2D eigenvalue weighted by Gasteiger charge is 2.40. The van der Waals surface area contributed by atoms with Crippen molar-refractivity contribution in [2.75, 3.05) is 0 Å². The minimum Gasteiger partial charge on any atom is -0.273 e. The first kappa shape index (κ1) is 14.1. The summed E-state index contributed by atoms with van der Waals surface area (Å²) in [5.41, 5.74) is 5.01. The third-order valence-electron chi connectivity index (χ3n) is 4.44. The second-order valence-electron chi connectivity index (χ2n) is 5.75. The van der Waals surface area contributed by atoms with Crippen LogP contribution in [0.1, 0.15) is 41.8 Å². The molecule has 20 heavy (non-hydrogen) atoms. The van der Waals surface area contributed by atoms with Gasteiger partial charge in [0.15, 0.2) is 0 Å². The zero-order valence-electron chi connectivity index (χ0n) is 11.0. The molecule has 3 rings (SSSR count). The van der Waals surface area contributed by atoms with Gasteiger partial charge in [0.2, 0.25) is 5.91 Å². The summed E-state index contributed by atoms with van der Waals surface area (Å²) in [7, 11) is 0. The quantitative estimate of drug-likeness (QED) is 0.817. The molecule has 1 aromatic heterocycles. The van der Waals surface area contributed by atoms with Gasteiger partial charge in [0, 0.05) is 6.42 Å². The molecule has 0 unspecified atom stereocenters. The number of carbonyl (C=O) groups excluding carboxylic acids is 2. The van der Waals surface area contributed by atoms with Crippen molar-refractivity contribution in [3.05, 3.63) is 20.8 Å². The summed E-state index contributed by atoms with van der Waals surface area (Å²) in [4.78, 5) is 24.3. The van der Waals surface area contributed by atoms with Crippen LogP contribution in [0.3, 0.4) is 0 Å². The maximum atomic E-state index is 11.9. The largest absolute Gasteiger partial charge is 0.279 e. The van der Waals surface area contributed by atoms with E-state index in [1.165, 1.54) is 37.0 Å². The lowest BCUT2D eigenvalue weighted by atomic mass is 9.86. The summed E-state index contributed by atoms with van der Waals surface area (Å²) in [5.74, 6) is 1.75. The summed E-state index contributed by atoms with van der Waals surface area (Å²) in [6.07, 6.45) is 5.64. The number of hydrogen-bond donors (Lipinski definition) is 2. The molecule has 6 heteroatoms. The highest BCUT2D eigenvalue weighted by molar-refractivity contribution is 9.11. The number of hydrazine groups is 1. The predicted molar refractivity (Wildman–Crippen MR) is 81.2 cm³/mol. The number of rotatable bonds is 3. The zero-order chi connectivity index (χ0) is 14.1. The minimum absolute atomic E-state index is 0.0773. The van der Waals surface area contributed by atoms with Gasteiger partial charge in [-0.1, -0.05) is 6.42 Å². The summed E-state index contributed by atoms with van der Waals surface area (Å²) >= 11 is 4.65. The summed E-state index contributed by atoms with van der Waals surface area (Å²) in [6, 6.07) is 3.54. The predicted octanol–water partition coefficient (Wildman–Crippen LogP) is 3.10. The molecule has 1 heterocycles. The van der Waals surface area contributed by atoms with Gasteiger partial charge >= 0.3 is 0 Å². The van der Waals surface area contributed by atoms with Crippen LogP contribution in [-0.4, -0.2) is 11.8 Å². The van der Waals surface area contributed by atoms with Crippen LogP contribution < -0.4 is 10.9 Å². The van der Waals surface area contributed by atoms with Crippen molar-refractivity contribution in [2.45, 2.75) is 32.1 Å². The third-order valence-corrected chi connectivity index (χ3v) is 6.07. The number of nitrogens with one attached hydrogen (secondary N) is 2. The monoisotopic (exact) mass is 356 g/mol. The average molecular weight is 357 g/mol. The van der Waals surface area contributed by atoms with Crippen LogP contribution in [0.25, 0.3) is 0 Å². The molecule has 108 valence electrons. The number of halogens is 1. The normalized spacial score (nSPS) is 27.6. The van der Waals surface area contributed by atoms with Crippen molar-refractivity contribution in [1.82, 2.24) is 10.9 Å². The number of fused-ring (bicyclic) bond motifs is 2. The maximum Gasteiger partial charge on any atom is 0.279 e. The van der Waals surface area contributed by atoms with Crippen molar-refractivity contribution in [3.63, 3.8) is 0 Å². The van der Waals surface area contributed by atoms with Gasteiger partial charge in [-0.3, -0.25) is 20.4 Å². The lowest BCUT2D eigenvalue weighted by Gasteiger charge is -2.20. The smallest absolute Gasteiger partial charge is 0.273 e.